The Morgan fingerprint density at radius 1 is 1.00 bits per heavy atom. The van der Waals surface area contributed by atoms with Crippen LogP contribution in [0, 0.1) is 6.92 Å². The molecule has 0 spiro atoms. The summed E-state index contributed by atoms with van der Waals surface area (Å²) in [5, 5.41) is 4.44. The molecule has 0 unspecified atom stereocenters. The molecule has 2 N–H and O–H groups in total. The van der Waals surface area contributed by atoms with Crippen LogP contribution in [0.15, 0.2) is 82.8 Å². The van der Waals surface area contributed by atoms with Gasteiger partial charge in [-0.3, -0.25) is 9.52 Å². The van der Waals surface area contributed by atoms with Crippen LogP contribution in [-0.2, 0) is 10.0 Å². The van der Waals surface area contributed by atoms with E-state index < -0.39 is 15.9 Å². The highest BCUT2D eigenvalue weighted by Crippen LogP contribution is 2.19. The summed E-state index contributed by atoms with van der Waals surface area (Å²) < 4.78 is 27.6. The molecule has 0 aromatic heterocycles. The fourth-order valence-electron chi connectivity index (χ4n) is 2.49. The summed E-state index contributed by atoms with van der Waals surface area (Å²) in [4.78, 5) is 12.3. The number of rotatable bonds is 6. The molecule has 0 radical (unpaired) electrons. The van der Waals surface area contributed by atoms with Crippen molar-refractivity contribution in [2.45, 2.75) is 11.8 Å². The third-order valence-corrected chi connectivity index (χ3v) is 5.69. The highest BCUT2D eigenvalue weighted by Gasteiger charge is 2.16. The van der Waals surface area contributed by atoms with Crippen LogP contribution in [0.1, 0.15) is 21.5 Å². The first-order valence-corrected chi connectivity index (χ1v) is 10.5. The van der Waals surface area contributed by atoms with E-state index in [1.54, 1.807) is 24.3 Å². The number of anilines is 1. The van der Waals surface area contributed by atoms with E-state index in [4.69, 9.17) is 11.6 Å². The smallest absolute Gasteiger partial charge is 0.271 e. The maximum Gasteiger partial charge on any atom is 0.271 e. The zero-order chi connectivity index (χ0) is 20.9. The summed E-state index contributed by atoms with van der Waals surface area (Å²) in [6.45, 7) is 1.94. The minimum atomic E-state index is -3.86. The predicted octanol–water partition coefficient (Wildman–Crippen LogP) is 4.21. The highest BCUT2D eigenvalue weighted by molar-refractivity contribution is 7.92. The van der Waals surface area contributed by atoms with Gasteiger partial charge < -0.3 is 0 Å². The molecule has 148 valence electrons. The molecule has 3 aromatic carbocycles. The Morgan fingerprint density at radius 3 is 2.45 bits per heavy atom. The lowest BCUT2D eigenvalue weighted by Gasteiger charge is -2.09. The van der Waals surface area contributed by atoms with Crippen molar-refractivity contribution in [2.75, 3.05) is 4.72 Å². The number of hydrogen-bond acceptors (Lipinski definition) is 4. The second-order valence-corrected chi connectivity index (χ2v) is 8.31. The summed E-state index contributed by atoms with van der Waals surface area (Å²) in [6.07, 6.45) is 1.54. The van der Waals surface area contributed by atoms with Crippen LogP contribution in [-0.4, -0.2) is 20.5 Å². The topological polar surface area (TPSA) is 87.6 Å². The number of nitrogens with one attached hydrogen (secondary N) is 2. The van der Waals surface area contributed by atoms with Gasteiger partial charge >= 0.3 is 0 Å². The molecule has 8 heteroatoms. The average Bonchev–Trinajstić information content (AvgIpc) is 2.71. The lowest BCUT2D eigenvalue weighted by atomic mass is 10.1. The van der Waals surface area contributed by atoms with E-state index in [-0.39, 0.29) is 10.5 Å². The quantitative estimate of drug-likeness (QED) is 0.456. The van der Waals surface area contributed by atoms with Gasteiger partial charge in [0, 0.05) is 16.3 Å². The van der Waals surface area contributed by atoms with E-state index in [1.807, 2.05) is 31.2 Å². The summed E-state index contributed by atoms with van der Waals surface area (Å²) in [7, 11) is -3.86. The van der Waals surface area contributed by atoms with E-state index in [2.05, 4.69) is 15.2 Å². The van der Waals surface area contributed by atoms with Crippen molar-refractivity contribution >= 4 is 39.4 Å². The molecule has 0 fully saturated rings. The highest BCUT2D eigenvalue weighted by atomic mass is 35.5. The van der Waals surface area contributed by atoms with Crippen LogP contribution in [0.4, 0.5) is 5.69 Å². The van der Waals surface area contributed by atoms with Crippen LogP contribution in [0.2, 0.25) is 5.02 Å². The molecule has 6 nitrogen and oxygen atoms in total. The van der Waals surface area contributed by atoms with Gasteiger partial charge in [0.25, 0.3) is 15.9 Å². The van der Waals surface area contributed by atoms with E-state index >= 15 is 0 Å². The number of hydrogen-bond donors (Lipinski definition) is 2. The van der Waals surface area contributed by atoms with E-state index in [9.17, 15) is 13.2 Å². The van der Waals surface area contributed by atoms with Gasteiger partial charge in [-0.2, -0.15) is 5.10 Å². The molecule has 0 aliphatic carbocycles. The first-order chi connectivity index (χ1) is 13.8. The maximum atomic E-state index is 12.6. The fraction of sp³-hybridized carbons (Fsp3) is 0.0476. The zero-order valence-corrected chi connectivity index (χ0v) is 17.0. The Balaban J connectivity index is 1.73. The van der Waals surface area contributed by atoms with Crippen LogP contribution in [0.25, 0.3) is 0 Å². The molecule has 0 atom stereocenters. The molecule has 3 rings (SSSR count). The molecule has 0 heterocycles. The number of amides is 1. The van der Waals surface area contributed by atoms with Gasteiger partial charge in [0.2, 0.25) is 0 Å². The molecule has 3 aromatic rings. The second-order valence-electron chi connectivity index (χ2n) is 6.20. The summed E-state index contributed by atoms with van der Waals surface area (Å²) in [5.74, 6) is -0.515. The minimum absolute atomic E-state index is 0.0389. The van der Waals surface area contributed by atoms with Gasteiger partial charge in [0.15, 0.2) is 0 Å². The van der Waals surface area contributed by atoms with Gasteiger partial charge in [-0.1, -0.05) is 41.9 Å². The second kappa shape index (κ2) is 8.89. The molecular formula is C21H18ClN3O3S. The number of aryl methyl sites for hydroxylation is 1. The van der Waals surface area contributed by atoms with Crippen molar-refractivity contribution in [1.29, 1.82) is 0 Å². The van der Waals surface area contributed by atoms with Gasteiger partial charge in [-0.15, -0.1) is 0 Å². The Kier molecular flexibility index (Phi) is 6.31. The lowest BCUT2D eigenvalue weighted by Crippen LogP contribution is -2.19. The molecule has 0 saturated carbocycles. The van der Waals surface area contributed by atoms with Gasteiger partial charge in [-0.25, -0.2) is 13.8 Å². The standard InChI is InChI=1S/C21H18ClN3O3S/c1-15-5-2-3-6-17(15)14-23-24-21(26)16-7-4-8-20(13-16)29(27,28)25-19-11-9-18(22)10-12-19/h2-14,25H,1H3,(H,24,26). The SMILES string of the molecule is Cc1ccccc1C=NNC(=O)c1cccc(S(=O)(=O)Nc2ccc(Cl)cc2)c1. The predicted molar refractivity (Wildman–Crippen MR) is 115 cm³/mol. The van der Waals surface area contributed by atoms with Crippen molar-refractivity contribution in [2.24, 2.45) is 5.10 Å². The molecule has 1 amide bonds. The number of benzene rings is 3. The Labute approximate surface area is 174 Å². The van der Waals surface area contributed by atoms with Crippen molar-refractivity contribution in [1.82, 2.24) is 5.43 Å². The van der Waals surface area contributed by atoms with E-state index in [0.717, 1.165) is 11.1 Å². The largest absolute Gasteiger partial charge is 0.280 e. The maximum absolute atomic E-state index is 12.6. The normalized spacial score (nSPS) is 11.4. The summed E-state index contributed by atoms with van der Waals surface area (Å²) in [5.41, 5.74) is 4.84. The lowest BCUT2D eigenvalue weighted by molar-refractivity contribution is 0.0955. The average molecular weight is 428 g/mol. The van der Waals surface area contributed by atoms with Crippen LogP contribution >= 0.6 is 11.6 Å². The third kappa shape index (κ3) is 5.43. The summed E-state index contributed by atoms with van der Waals surface area (Å²) >= 11 is 5.81. The van der Waals surface area contributed by atoms with Gasteiger partial charge in [0.1, 0.15) is 0 Å². The monoisotopic (exact) mass is 427 g/mol. The van der Waals surface area contributed by atoms with Crippen LogP contribution in [0.3, 0.4) is 0 Å². The Bertz CT molecular complexity index is 1160. The molecular weight excluding hydrogens is 410 g/mol. The molecule has 0 saturated heterocycles. The molecule has 0 aliphatic heterocycles. The van der Waals surface area contributed by atoms with E-state index in [1.165, 1.54) is 30.5 Å². The van der Waals surface area contributed by atoms with E-state index in [0.29, 0.717) is 10.7 Å². The zero-order valence-electron chi connectivity index (χ0n) is 15.5. The van der Waals surface area contributed by atoms with Crippen LogP contribution < -0.4 is 10.1 Å². The van der Waals surface area contributed by atoms with Crippen molar-refractivity contribution in [3.05, 3.63) is 94.5 Å². The molecule has 0 bridgehead atoms. The number of carbonyl (C=O) groups excluding carboxylic acids is 1. The number of hydrazone groups is 1. The first kappa shape index (κ1) is 20.6. The Morgan fingerprint density at radius 2 is 1.72 bits per heavy atom. The van der Waals surface area contributed by atoms with Gasteiger partial charge in [0.05, 0.1) is 11.1 Å². The van der Waals surface area contributed by atoms with Gasteiger partial charge in [-0.05, 0) is 60.5 Å². The number of carbonyl (C=O) groups is 1. The fourth-order valence-corrected chi connectivity index (χ4v) is 3.72. The number of halogens is 1. The third-order valence-electron chi connectivity index (χ3n) is 4.06. The van der Waals surface area contributed by atoms with Crippen molar-refractivity contribution in [3.8, 4) is 0 Å². The first-order valence-electron chi connectivity index (χ1n) is 8.63. The minimum Gasteiger partial charge on any atom is -0.280 e. The molecule has 0 aliphatic rings. The van der Waals surface area contributed by atoms with Crippen molar-refractivity contribution in [3.63, 3.8) is 0 Å². The number of nitrogens with zero attached hydrogens (tertiary/aromatic N) is 1. The number of sulfonamides is 1. The van der Waals surface area contributed by atoms with Crippen molar-refractivity contribution < 1.29 is 13.2 Å². The Hall–Kier alpha value is -3.16. The molecule has 29 heavy (non-hydrogen) atoms. The van der Waals surface area contributed by atoms with Crippen LogP contribution in [0.5, 0.6) is 0 Å². The summed E-state index contributed by atoms with van der Waals surface area (Å²) in [6, 6.07) is 19.6.